The Balaban J connectivity index is 3.03. The van der Waals surface area contributed by atoms with Crippen molar-refractivity contribution < 1.29 is 28.2 Å². The van der Waals surface area contributed by atoms with Crippen molar-refractivity contribution in [1.29, 1.82) is 0 Å². The van der Waals surface area contributed by atoms with E-state index < -0.39 is 34.4 Å². The number of rotatable bonds is 7. The van der Waals surface area contributed by atoms with Crippen molar-refractivity contribution in [1.82, 2.24) is 4.72 Å². The monoisotopic (exact) mass is 335 g/mol. The average Bonchev–Trinajstić information content (AvgIpc) is 2.37. The first-order valence-electron chi connectivity index (χ1n) is 5.87. The van der Waals surface area contributed by atoms with Crippen LogP contribution in [0.1, 0.15) is 18.4 Å². The van der Waals surface area contributed by atoms with Gasteiger partial charge in [-0.15, -0.1) is 0 Å². The van der Waals surface area contributed by atoms with Gasteiger partial charge in [0.1, 0.15) is 6.04 Å². The van der Waals surface area contributed by atoms with Crippen molar-refractivity contribution in [2.24, 2.45) is 0 Å². The van der Waals surface area contributed by atoms with E-state index in [1.54, 1.807) is 0 Å². The fourth-order valence-electron chi connectivity index (χ4n) is 1.63. The molecule has 0 unspecified atom stereocenters. The molecule has 0 radical (unpaired) electrons. The van der Waals surface area contributed by atoms with Gasteiger partial charge in [-0.25, -0.2) is 8.42 Å². The van der Waals surface area contributed by atoms with Crippen molar-refractivity contribution in [3.05, 3.63) is 28.8 Å². The fourth-order valence-corrected chi connectivity index (χ4v) is 3.35. The molecule has 0 heterocycles. The van der Waals surface area contributed by atoms with Crippen LogP contribution in [0, 0.1) is 6.92 Å². The van der Waals surface area contributed by atoms with Gasteiger partial charge in [0.15, 0.2) is 0 Å². The zero-order valence-electron chi connectivity index (χ0n) is 11.0. The van der Waals surface area contributed by atoms with Crippen LogP contribution in [0.5, 0.6) is 0 Å². The molecular weight excluding hydrogens is 322 g/mol. The zero-order valence-corrected chi connectivity index (χ0v) is 12.6. The van der Waals surface area contributed by atoms with E-state index in [-0.39, 0.29) is 21.9 Å². The molecule has 7 nitrogen and oxygen atoms in total. The van der Waals surface area contributed by atoms with Gasteiger partial charge < -0.3 is 10.2 Å². The summed E-state index contributed by atoms with van der Waals surface area (Å²) >= 11 is 5.84. The summed E-state index contributed by atoms with van der Waals surface area (Å²) in [5, 5.41) is 17.8. The Bertz CT molecular complexity index is 658. The van der Waals surface area contributed by atoms with Crippen LogP contribution in [-0.2, 0) is 19.6 Å². The van der Waals surface area contributed by atoms with Crippen molar-refractivity contribution in [2.75, 3.05) is 0 Å². The summed E-state index contributed by atoms with van der Waals surface area (Å²) in [4.78, 5) is 21.4. The summed E-state index contributed by atoms with van der Waals surface area (Å²) in [5.41, 5.74) is 0.286. The van der Waals surface area contributed by atoms with E-state index in [1.165, 1.54) is 25.1 Å². The van der Waals surface area contributed by atoms with Crippen LogP contribution < -0.4 is 4.72 Å². The number of aliphatic carboxylic acids is 2. The number of carboxylic acid groups (broad SMARTS) is 2. The number of sulfonamides is 1. The van der Waals surface area contributed by atoms with Gasteiger partial charge >= 0.3 is 11.9 Å². The van der Waals surface area contributed by atoms with Gasteiger partial charge in [0.25, 0.3) is 0 Å². The minimum absolute atomic E-state index is 0.142. The molecule has 0 aromatic heterocycles. The fraction of sp³-hybridized carbons (Fsp3) is 0.333. The third kappa shape index (κ3) is 4.69. The molecule has 0 aliphatic rings. The highest BCUT2D eigenvalue weighted by Gasteiger charge is 2.27. The van der Waals surface area contributed by atoms with Crippen LogP contribution in [0.15, 0.2) is 23.1 Å². The molecule has 1 aromatic rings. The predicted octanol–water partition coefficient (Wildman–Crippen LogP) is 1.24. The number of carbonyl (C=O) groups is 2. The molecule has 0 aliphatic heterocycles. The minimum Gasteiger partial charge on any atom is -0.481 e. The first-order chi connectivity index (χ1) is 9.65. The Morgan fingerprint density at radius 1 is 1.33 bits per heavy atom. The Kier molecular flexibility index (Phi) is 5.70. The van der Waals surface area contributed by atoms with Crippen LogP contribution in [0.4, 0.5) is 0 Å². The van der Waals surface area contributed by atoms with Crippen LogP contribution in [0.3, 0.4) is 0 Å². The second-order valence-electron chi connectivity index (χ2n) is 4.31. The van der Waals surface area contributed by atoms with Gasteiger partial charge in [0, 0.05) is 11.4 Å². The third-order valence-corrected chi connectivity index (χ3v) is 4.78. The molecule has 0 aliphatic carbocycles. The molecule has 0 saturated heterocycles. The molecule has 0 bridgehead atoms. The highest BCUT2D eigenvalue weighted by molar-refractivity contribution is 7.89. The first-order valence-corrected chi connectivity index (χ1v) is 7.73. The molecule has 0 fully saturated rings. The quantitative estimate of drug-likeness (QED) is 0.689. The van der Waals surface area contributed by atoms with E-state index in [1.807, 2.05) is 4.72 Å². The number of hydrogen-bond donors (Lipinski definition) is 3. The summed E-state index contributed by atoms with van der Waals surface area (Å²) in [5.74, 6) is -2.65. The standard InChI is InChI=1S/C12H14ClNO6S/c1-7-8(13)3-2-4-10(7)21(19,20)14-9(12(17)18)5-6-11(15)16/h2-4,9,14H,5-6H2,1H3,(H,15,16)(H,17,18)/t9-/m0/s1. The molecule has 1 atom stereocenters. The van der Waals surface area contributed by atoms with Gasteiger partial charge in [0.05, 0.1) is 4.90 Å². The molecule has 116 valence electrons. The molecule has 3 N–H and O–H groups in total. The summed E-state index contributed by atoms with van der Waals surface area (Å²) in [6.07, 6.45) is -0.822. The van der Waals surface area contributed by atoms with E-state index in [0.29, 0.717) is 0 Å². The molecule has 21 heavy (non-hydrogen) atoms. The van der Waals surface area contributed by atoms with E-state index >= 15 is 0 Å². The van der Waals surface area contributed by atoms with Gasteiger partial charge in [0.2, 0.25) is 10.0 Å². The summed E-state index contributed by atoms with van der Waals surface area (Å²) < 4.78 is 26.4. The average molecular weight is 336 g/mol. The first kappa shape index (κ1) is 17.4. The Morgan fingerprint density at radius 3 is 2.48 bits per heavy atom. The smallest absolute Gasteiger partial charge is 0.321 e. The molecule has 0 amide bonds. The van der Waals surface area contributed by atoms with Gasteiger partial charge in [-0.2, -0.15) is 4.72 Å². The van der Waals surface area contributed by atoms with E-state index in [0.717, 1.165) is 0 Å². The summed E-state index contributed by atoms with van der Waals surface area (Å²) in [6, 6.07) is 2.70. The van der Waals surface area contributed by atoms with Crippen molar-refractivity contribution >= 4 is 33.6 Å². The minimum atomic E-state index is -4.11. The summed E-state index contributed by atoms with van der Waals surface area (Å²) in [7, 11) is -4.11. The lowest BCUT2D eigenvalue weighted by Gasteiger charge is -2.15. The molecule has 1 aromatic carbocycles. The van der Waals surface area contributed by atoms with Crippen molar-refractivity contribution in [3.63, 3.8) is 0 Å². The Labute approximate surface area is 126 Å². The summed E-state index contributed by atoms with van der Waals surface area (Å²) in [6.45, 7) is 1.49. The van der Waals surface area contributed by atoms with E-state index in [2.05, 4.69) is 0 Å². The van der Waals surface area contributed by atoms with Crippen molar-refractivity contribution in [2.45, 2.75) is 30.7 Å². The Hall–Kier alpha value is -1.64. The Morgan fingerprint density at radius 2 is 1.95 bits per heavy atom. The maximum absolute atomic E-state index is 12.2. The normalized spacial score (nSPS) is 12.9. The van der Waals surface area contributed by atoms with Gasteiger partial charge in [-0.3, -0.25) is 9.59 Å². The van der Waals surface area contributed by atoms with Gasteiger partial charge in [-0.1, -0.05) is 17.7 Å². The molecule has 1 rings (SSSR count). The largest absolute Gasteiger partial charge is 0.481 e. The molecule has 0 spiro atoms. The number of nitrogens with one attached hydrogen (secondary N) is 1. The topological polar surface area (TPSA) is 121 Å². The van der Waals surface area contributed by atoms with Crippen LogP contribution in [-0.4, -0.2) is 36.6 Å². The number of halogens is 1. The second-order valence-corrected chi connectivity index (χ2v) is 6.40. The highest BCUT2D eigenvalue weighted by atomic mass is 35.5. The van der Waals surface area contributed by atoms with Crippen molar-refractivity contribution in [3.8, 4) is 0 Å². The molecule has 9 heteroatoms. The molecular formula is C12H14ClNO6S. The maximum atomic E-state index is 12.2. The lowest BCUT2D eigenvalue weighted by Crippen LogP contribution is -2.41. The van der Waals surface area contributed by atoms with E-state index in [4.69, 9.17) is 21.8 Å². The van der Waals surface area contributed by atoms with Crippen LogP contribution >= 0.6 is 11.6 Å². The number of benzene rings is 1. The van der Waals surface area contributed by atoms with Crippen LogP contribution in [0.25, 0.3) is 0 Å². The number of hydrogen-bond acceptors (Lipinski definition) is 4. The van der Waals surface area contributed by atoms with E-state index in [9.17, 15) is 18.0 Å². The molecule has 0 saturated carbocycles. The van der Waals surface area contributed by atoms with Crippen LogP contribution in [0.2, 0.25) is 5.02 Å². The number of carboxylic acids is 2. The second kappa shape index (κ2) is 6.88. The maximum Gasteiger partial charge on any atom is 0.321 e. The third-order valence-electron chi connectivity index (χ3n) is 2.75. The SMILES string of the molecule is Cc1c(Cl)cccc1S(=O)(=O)N[C@@H](CCC(=O)O)C(=O)O. The lowest BCUT2D eigenvalue weighted by atomic mass is 10.2. The van der Waals surface area contributed by atoms with Gasteiger partial charge in [-0.05, 0) is 31.0 Å². The lowest BCUT2D eigenvalue weighted by molar-refractivity contribution is -0.140. The zero-order chi connectivity index (χ0) is 16.2. The highest BCUT2D eigenvalue weighted by Crippen LogP contribution is 2.23. The predicted molar refractivity (Wildman–Crippen MR) is 74.8 cm³/mol.